The number of anilines is 1. The first-order chi connectivity index (χ1) is 14.1. The second-order valence-electron chi connectivity index (χ2n) is 7.56. The maximum absolute atomic E-state index is 12.7. The minimum absolute atomic E-state index is 0.00917. The fraction of sp³-hybridized carbons (Fsp3) is 0.333. The van der Waals surface area contributed by atoms with Crippen molar-refractivity contribution in [1.29, 1.82) is 0 Å². The van der Waals surface area contributed by atoms with Gasteiger partial charge in [-0.05, 0) is 50.2 Å². The number of carbonyl (C=O) groups is 2. The van der Waals surface area contributed by atoms with Gasteiger partial charge in [0.2, 0.25) is 15.9 Å². The van der Waals surface area contributed by atoms with E-state index in [0.29, 0.717) is 37.4 Å². The van der Waals surface area contributed by atoms with Gasteiger partial charge in [-0.3, -0.25) is 14.5 Å². The second kappa shape index (κ2) is 8.95. The zero-order valence-electron chi connectivity index (χ0n) is 17.1. The van der Waals surface area contributed by atoms with E-state index in [2.05, 4.69) is 5.32 Å². The molecule has 0 unspecified atom stereocenters. The minimum atomic E-state index is -3.76. The van der Waals surface area contributed by atoms with Crippen molar-refractivity contribution in [3.05, 3.63) is 59.2 Å². The van der Waals surface area contributed by atoms with Crippen LogP contribution in [0.5, 0.6) is 0 Å². The van der Waals surface area contributed by atoms with Gasteiger partial charge in [0.15, 0.2) is 0 Å². The van der Waals surface area contributed by atoms with Gasteiger partial charge in [0.25, 0.3) is 5.91 Å². The Morgan fingerprint density at radius 2 is 1.53 bits per heavy atom. The zero-order chi connectivity index (χ0) is 21.9. The van der Waals surface area contributed by atoms with E-state index < -0.39 is 10.0 Å². The highest BCUT2D eigenvalue weighted by Crippen LogP contribution is 2.15. The number of piperazine rings is 1. The maximum atomic E-state index is 12.7. The Hall–Kier alpha value is -2.75. The molecule has 3 N–H and O–H groups in total. The zero-order valence-corrected chi connectivity index (χ0v) is 17.9. The summed E-state index contributed by atoms with van der Waals surface area (Å²) < 4.78 is 22.6. The topological polar surface area (TPSA) is 113 Å². The van der Waals surface area contributed by atoms with Crippen LogP contribution in [0.15, 0.2) is 47.4 Å². The number of nitrogens with two attached hydrogens (primary N) is 1. The molecule has 2 aromatic carbocycles. The fourth-order valence-corrected chi connectivity index (χ4v) is 4.04. The summed E-state index contributed by atoms with van der Waals surface area (Å²) >= 11 is 0. The molecule has 0 spiro atoms. The van der Waals surface area contributed by atoms with Gasteiger partial charge in [-0.2, -0.15) is 0 Å². The van der Waals surface area contributed by atoms with E-state index in [-0.39, 0.29) is 23.3 Å². The number of hydrogen-bond donors (Lipinski definition) is 2. The molecule has 1 aliphatic heterocycles. The molecule has 0 aromatic heterocycles. The fourth-order valence-electron chi connectivity index (χ4n) is 3.52. The van der Waals surface area contributed by atoms with E-state index in [1.54, 1.807) is 0 Å². The lowest BCUT2D eigenvalue weighted by molar-refractivity contribution is -0.117. The second-order valence-corrected chi connectivity index (χ2v) is 9.12. The SMILES string of the molecule is Cc1cc(C)cc(C(=O)N2CCN(CC(=O)Nc3ccc(S(N)(=O)=O)cc3)CC2)c1. The number of nitrogens with one attached hydrogen (secondary N) is 1. The Morgan fingerprint density at radius 1 is 0.967 bits per heavy atom. The van der Waals surface area contributed by atoms with Crippen molar-refractivity contribution in [2.45, 2.75) is 18.7 Å². The predicted octanol–water partition coefficient (Wildman–Crippen LogP) is 1.35. The summed E-state index contributed by atoms with van der Waals surface area (Å²) in [6.07, 6.45) is 0. The summed E-state index contributed by atoms with van der Waals surface area (Å²) in [5.41, 5.74) is 3.31. The van der Waals surface area contributed by atoms with Gasteiger partial charge in [-0.1, -0.05) is 17.2 Å². The highest BCUT2D eigenvalue weighted by atomic mass is 32.2. The van der Waals surface area contributed by atoms with Gasteiger partial charge in [-0.15, -0.1) is 0 Å². The van der Waals surface area contributed by atoms with Crippen molar-refractivity contribution in [3.8, 4) is 0 Å². The summed E-state index contributed by atoms with van der Waals surface area (Å²) in [7, 11) is -3.76. The third-order valence-corrected chi connectivity index (χ3v) is 5.89. The molecule has 3 rings (SSSR count). The van der Waals surface area contributed by atoms with Crippen molar-refractivity contribution in [2.75, 3.05) is 38.0 Å². The molecule has 160 valence electrons. The molecule has 2 amide bonds. The van der Waals surface area contributed by atoms with E-state index in [4.69, 9.17) is 5.14 Å². The molecular weight excluding hydrogens is 404 g/mol. The lowest BCUT2D eigenvalue weighted by atomic mass is 10.1. The van der Waals surface area contributed by atoms with Crippen LogP contribution >= 0.6 is 0 Å². The first kappa shape index (κ1) is 21.9. The number of primary sulfonamides is 1. The quantitative estimate of drug-likeness (QED) is 0.743. The molecule has 1 heterocycles. The summed E-state index contributed by atoms with van der Waals surface area (Å²) in [5.74, 6) is -0.187. The van der Waals surface area contributed by atoms with Gasteiger partial charge >= 0.3 is 0 Å². The van der Waals surface area contributed by atoms with Gasteiger partial charge in [-0.25, -0.2) is 13.6 Å². The van der Waals surface area contributed by atoms with Crippen LogP contribution in [-0.4, -0.2) is 62.8 Å². The molecule has 2 aromatic rings. The number of amides is 2. The van der Waals surface area contributed by atoms with E-state index in [1.165, 1.54) is 24.3 Å². The molecule has 1 fully saturated rings. The highest BCUT2D eigenvalue weighted by molar-refractivity contribution is 7.89. The maximum Gasteiger partial charge on any atom is 0.253 e. The minimum Gasteiger partial charge on any atom is -0.336 e. The number of hydrogen-bond acceptors (Lipinski definition) is 5. The molecule has 0 radical (unpaired) electrons. The monoisotopic (exact) mass is 430 g/mol. The molecule has 9 heteroatoms. The van der Waals surface area contributed by atoms with Crippen molar-refractivity contribution in [3.63, 3.8) is 0 Å². The molecule has 1 aliphatic rings. The molecule has 0 bridgehead atoms. The smallest absolute Gasteiger partial charge is 0.253 e. The molecular formula is C21H26N4O4S. The Bertz CT molecular complexity index is 1020. The number of carbonyl (C=O) groups excluding carboxylic acids is 2. The third-order valence-electron chi connectivity index (χ3n) is 4.96. The molecule has 30 heavy (non-hydrogen) atoms. The first-order valence-electron chi connectivity index (χ1n) is 9.64. The van der Waals surface area contributed by atoms with Crippen LogP contribution in [-0.2, 0) is 14.8 Å². The summed E-state index contributed by atoms with van der Waals surface area (Å²) in [6.45, 7) is 6.47. The number of rotatable bonds is 5. The number of benzene rings is 2. The van der Waals surface area contributed by atoms with Gasteiger partial charge < -0.3 is 10.2 Å². The molecule has 0 aliphatic carbocycles. The number of aryl methyl sites for hydroxylation is 2. The van der Waals surface area contributed by atoms with E-state index in [1.807, 2.05) is 41.8 Å². The molecule has 0 atom stereocenters. The van der Waals surface area contributed by atoms with Crippen LogP contribution < -0.4 is 10.5 Å². The Labute approximate surface area is 176 Å². The lowest BCUT2D eigenvalue weighted by Gasteiger charge is -2.34. The average molecular weight is 431 g/mol. The predicted molar refractivity (Wildman–Crippen MR) is 115 cm³/mol. The molecule has 1 saturated heterocycles. The van der Waals surface area contributed by atoms with E-state index in [9.17, 15) is 18.0 Å². The number of sulfonamides is 1. The van der Waals surface area contributed by atoms with Crippen LogP contribution in [0.2, 0.25) is 0 Å². The summed E-state index contributed by atoms with van der Waals surface area (Å²) in [6, 6.07) is 11.5. The average Bonchev–Trinajstić information content (AvgIpc) is 2.67. The van der Waals surface area contributed by atoms with Crippen LogP contribution in [0.3, 0.4) is 0 Å². The van der Waals surface area contributed by atoms with Crippen LogP contribution in [0.4, 0.5) is 5.69 Å². The summed E-state index contributed by atoms with van der Waals surface area (Å²) in [4.78, 5) is 28.8. The van der Waals surface area contributed by atoms with E-state index in [0.717, 1.165) is 11.1 Å². The highest BCUT2D eigenvalue weighted by Gasteiger charge is 2.23. The van der Waals surface area contributed by atoms with Crippen molar-refractivity contribution in [2.24, 2.45) is 5.14 Å². The van der Waals surface area contributed by atoms with Crippen LogP contribution in [0.1, 0.15) is 21.5 Å². The van der Waals surface area contributed by atoms with Gasteiger partial charge in [0, 0.05) is 37.4 Å². The van der Waals surface area contributed by atoms with Crippen LogP contribution in [0.25, 0.3) is 0 Å². The number of nitrogens with zero attached hydrogens (tertiary/aromatic N) is 2. The standard InChI is InChI=1S/C21H26N4O4S/c1-15-11-16(2)13-17(12-15)21(27)25-9-7-24(8-10-25)14-20(26)23-18-3-5-19(6-4-18)30(22,28)29/h3-6,11-13H,7-10,14H2,1-2H3,(H,23,26)(H2,22,28,29). The molecule has 0 saturated carbocycles. The Morgan fingerprint density at radius 3 is 2.07 bits per heavy atom. The normalized spacial score (nSPS) is 15.1. The Kier molecular flexibility index (Phi) is 6.55. The van der Waals surface area contributed by atoms with Crippen molar-refractivity contribution >= 4 is 27.5 Å². The lowest BCUT2D eigenvalue weighted by Crippen LogP contribution is -2.50. The van der Waals surface area contributed by atoms with Crippen LogP contribution in [0, 0.1) is 13.8 Å². The van der Waals surface area contributed by atoms with Gasteiger partial charge in [0.1, 0.15) is 0 Å². The first-order valence-corrected chi connectivity index (χ1v) is 11.2. The summed E-state index contributed by atoms with van der Waals surface area (Å²) in [5, 5.41) is 7.81. The molecule has 8 nitrogen and oxygen atoms in total. The largest absolute Gasteiger partial charge is 0.336 e. The van der Waals surface area contributed by atoms with Crippen molar-refractivity contribution in [1.82, 2.24) is 9.80 Å². The van der Waals surface area contributed by atoms with Crippen molar-refractivity contribution < 1.29 is 18.0 Å². The van der Waals surface area contributed by atoms with E-state index >= 15 is 0 Å². The Balaban J connectivity index is 1.50. The van der Waals surface area contributed by atoms with Gasteiger partial charge in [0.05, 0.1) is 11.4 Å². The third kappa shape index (κ3) is 5.65.